The number of hydrogen-bond donors (Lipinski definition) is 7. The van der Waals surface area contributed by atoms with E-state index in [1.165, 1.54) is 12.3 Å². The van der Waals surface area contributed by atoms with E-state index in [0.717, 1.165) is 23.3 Å². The van der Waals surface area contributed by atoms with Gasteiger partial charge in [0.2, 0.25) is 0 Å². The number of rotatable bonds is 7. The third kappa shape index (κ3) is 5.61. The normalized spacial score (nSPS) is 25.3. The molecule has 0 spiro atoms. The predicted octanol–water partition coefficient (Wildman–Crippen LogP) is 2.51. The van der Waals surface area contributed by atoms with E-state index in [2.05, 4.69) is 23.8 Å². The number of anilines is 1. The molecule has 3 heterocycles. The van der Waals surface area contributed by atoms with Crippen molar-refractivity contribution in [1.82, 2.24) is 14.9 Å². The Morgan fingerprint density at radius 2 is 1.65 bits per heavy atom. The van der Waals surface area contributed by atoms with Crippen molar-refractivity contribution in [3.8, 4) is 11.5 Å². The molecule has 6 rings (SSSR count). The molecule has 4 radical (unpaired) electrons. The number of nitrogens with zero attached hydrogens (tertiary/aromatic N) is 3. The van der Waals surface area contributed by atoms with Crippen LogP contribution in [-0.2, 0) is 0 Å². The number of carbonyl (C=O) groups is 1. The van der Waals surface area contributed by atoms with Gasteiger partial charge in [0.1, 0.15) is 44.1 Å². The summed E-state index contributed by atoms with van der Waals surface area (Å²) in [5.74, 6) is -7.45. The number of piperazine rings is 1. The molecule has 12 nitrogen and oxygen atoms in total. The van der Waals surface area contributed by atoms with Crippen LogP contribution in [-0.4, -0.2) is 97.1 Å². The summed E-state index contributed by atoms with van der Waals surface area (Å²) in [5, 5.41) is 70.5. The maximum absolute atomic E-state index is 11.9. The van der Waals surface area contributed by atoms with Crippen molar-refractivity contribution >= 4 is 55.9 Å². The van der Waals surface area contributed by atoms with Crippen molar-refractivity contribution in [2.24, 2.45) is 5.41 Å². The van der Waals surface area contributed by atoms with E-state index in [4.69, 9.17) is 32.0 Å². The van der Waals surface area contributed by atoms with Crippen molar-refractivity contribution < 1.29 is 40.2 Å². The fourth-order valence-corrected chi connectivity index (χ4v) is 6.50. The average Bonchev–Trinajstić information content (AvgIpc) is 3.48. The van der Waals surface area contributed by atoms with Gasteiger partial charge in [-0.15, -0.1) is 0 Å². The van der Waals surface area contributed by atoms with Crippen LogP contribution < -0.4 is 9.64 Å². The number of aliphatic hydroxyl groups is 6. The van der Waals surface area contributed by atoms with Gasteiger partial charge in [0.25, 0.3) is 11.8 Å². The van der Waals surface area contributed by atoms with Crippen LogP contribution in [0.15, 0.2) is 72.6 Å². The Morgan fingerprint density at radius 1 is 0.979 bits per heavy atom. The molecule has 0 saturated carbocycles. The Hall–Kier alpha value is -3.72. The number of carbonyl (C=O) groups excluding carboxylic acids is 1. The molecule has 15 heteroatoms. The first-order chi connectivity index (χ1) is 22.4. The number of halogens is 1. The van der Waals surface area contributed by atoms with Gasteiger partial charge in [-0.05, 0) is 72.2 Å². The summed E-state index contributed by atoms with van der Waals surface area (Å²) in [4.78, 5) is 19.5. The molecular weight excluding hydrogens is 637 g/mol. The van der Waals surface area contributed by atoms with E-state index < -0.39 is 35.3 Å². The third-order valence-electron chi connectivity index (χ3n) is 9.15. The Morgan fingerprint density at radius 3 is 2.29 bits per heavy atom. The molecule has 48 heavy (non-hydrogen) atoms. The van der Waals surface area contributed by atoms with Crippen LogP contribution in [0.25, 0.3) is 16.6 Å². The highest BCUT2D eigenvalue weighted by Crippen LogP contribution is 2.49. The zero-order chi connectivity index (χ0) is 34.9. The van der Waals surface area contributed by atoms with E-state index >= 15 is 0 Å². The molecule has 1 aliphatic heterocycles. The van der Waals surface area contributed by atoms with Crippen LogP contribution in [0, 0.1) is 5.41 Å². The van der Waals surface area contributed by atoms with E-state index in [-0.39, 0.29) is 27.4 Å². The lowest BCUT2D eigenvalue weighted by molar-refractivity contribution is -0.419. The lowest BCUT2D eigenvalue weighted by Gasteiger charge is -2.65. The molecule has 0 bridgehead atoms. The summed E-state index contributed by atoms with van der Waals surface area (Å²) < 4.78 is 5.88. The highest BCUT2D eigenvalue weighted by atomic mass is 35.5. The Labute approximate surface area is 283 Å². The number of nitrogens with one attached hydrogen (secondary N) is 1. The Kier molecular flexibility index (Phi) is 8.33. The maximum Gasteiger partial charge on any atom is 0.285 e. The highest BCUT2D eigenvalue weighted by molar-refractivity contribution is 6.30. The number of pyridine rings is 1. The summed E-state index contributed by atoms with van der Waals surface area (Å²) in [6.45, 7) is 3.67. The van der Waals surface area contributed by atoms with Crippen molar-refractivity contribution in [2.45, 2.75) is 56.2 Å². The first-order valence-electron chi connectivity index (χ1n) is 15.1. The number of benzene rings is 2. The third-order valence-corrected chi connectivity index (χ3v) is 9.40. The standard InChI is InChI=1S/C33H33B2ClN4O8/c1-29(2)11-9-21(26(15-29)19-3-6-23(36)7-4-19)17-39-30(34,42)32(44,45)40(33(46,47)31(39,35)43)24-8-5-22(18-41)27(14-24)48-25-13-20-10-12-37-28(20)38-16-25/h3-8,10,12-14,16,18,42-47H,9,11,15,17H2,1-2H3,(H,37,38). The van der Waals surface area contributed by atoms with Gasteiger partial charge in [0.15, 0.2) is 6.29 Å². The molecule has 2 aromatic carbocycles. The minimum absolute atomic E-state index is 0.0116. The van der Waals surface area contributed by atoms with Crippen LogP contribution in [0.2, 0.25) is 5.02 Å². The van der Waals surface area contributed by atoms with Crippen LogP contribution in [0.1, 0.15) is 49.0 Å². The highest BCUT2D eigenvalue weighted by Gasteiger charge is 2.72. The molecule has 2 aliphatic rings. The Balaban J connectivity index is 1.41. The number of allylic oxidation sites excluding steroid dienone is 1. The topological polar surface area (TPSA) is 183 Å². The number of hydrogen-bond acceptors (Lipinski definition) is 11. The molecule has 7 N–H and O–H groups in total. The van der Waals surface area contributed by atoms with Gasteiger partial charge in [0, 0.05) is 29.2 Å². The van der Waals surface area contributed by atoms with Crippen LogP contribution in [0.5, 0.6) is 11.5 Å². The van der Waals surface area contributed by atoms with E-state index in [1.807, 2.05) is 0 Å². The van der Waals surface area contributed by atoms with E-state index in [9.17, 15) is 35.4 Å². The summed E-state index contributed by atoms with van der Waals surface area (Å²) in [6.07, 6.45) is 5.17. The van der Waals surface area contributed by atoms with E-state index in [1.54, 1.807) is 42.6 Å². The second-order valence-electron chi connectivity index (χ2n) is 13.1. The number of ether oxygens (including phenoxy) is 1. The molecule has 2 aromatic heterocycles. The number of aromatic nitrogens is 2. The molecule has 246 valence electrons. The maximum atomic E-state index is 11.9. The average molecular weight is 671 g/mol. The Bertz CT molecular complexity index is 1880. The summed E-state index contributed by atoms with van der Waals surface area (Å²) >= 11 is 6.12. The minimum Gasteiger partial charge on any atom is -0.455 e. The fraction of sp³-hybridized carbons (Fsp3) is 0.333. The largest absolute Gasteiger partial charge is 0.455 e. The smallest absolute Gasteiger partial charge is 0.285 e. The first kappa shape index (κ1) is 34.2. The molecule has 2 atom stereocenters. The minimum atomic E-state index is -3.73. The molecule has 1 fully saturated rings. The monoisotopic (exact) mass is 670 g/mol. The molecule has 0 amide bonds. The lowest BCUT2D eigenvalue weighted by atomic mass is 9.69. The fourth-order valence-electron chi connectivity index (χ4n) is 6.37. The van der Waals surface area contributed by atoms with Gasteiger partial charge in [-0.25, -0.2) is 9.88 Å². The first-order valence-corrected chi connectivity index (χ1v) is 15.4. The summed E-state index contributed by atoms with van der Waals surface area (Å²) in [7, 11) is 12.4. The van der Waals surface area contributed by atoms with Gasteiger partial charge in [-0.2, -0.15) is 0 Å². The molecule has 4 aromatic rings. The lowest BCUT2D eigenvalue weighted by Crippen LogP contribution is -2.91. The summed E-state index contributed by atoms with van der Waals surface area (Å²) in [5.41, 5.74) is -4.53. The second kappa shape index (κ2) is 11.7. The SMILES string of the molecule is [B]C1(O)N(CC2=C(c3ccc(Cl)cc3)CC(C)(C)CC2)C([B])(O)C(O)(O)N(c2ccc(C=O)c(Oc3cnc4[nH]ccc4c3)c2)C1(O)O. The molecule has 1 aliphatic carbocycles. The predicted molar refractivity (Wildman–Crippen MR) is 179 cm³/mol. The van der Waals surface area contributed by atoms with Crippen molar-refractivity contribution in [1.29, 1.82) is 0 Å². The zero-order valence-corrected chi connectivity index (χ0v) is 26.9. The van der Waals surface area contributed by atoms with Crippen molar-refractivity contribution in [2.75, 3.05) is 11.4 Å². The van der Waals surface area contributed by atoms with Crippen LogP contribution in [0.4, 0.5) is 5.69 Å². The van der Waals surface area contributed by atoms with E-state index in [0.29, 0.717) is 52.1 Å². The second-order valence-corrected chi connectivity index (χ2v) is 13.5. The zero-order valence-electron chi connectivity index (χ0n) is 26.1. The van der Waals surface area contributed by atoms with Gasteiger partial charge in [-0.1, -0.05) is 43.2 Å². The number of aldehydes is 1. The van der Waals surface area contributed by atoms with Crippen LogP contribution in [0.3, 0.4) is 0 Å². The quantitative estimate of drug-likeness (QED) is 0.0872. The van der Waals surface area contributed by atoms with Gasteiger partial charge < -0.3 is 40.4 Å². The number of fused-ring (bicyclic) bond motifs is 1. The van der Waals surface area contributed by atoms with Crippen molar-refractivity contribution in [3.05, 3.63) is 88.7 Å². The van der Waals surface area contributed by atoms with Crippen LogP contribution >= 0.6 is 11.6 Å². The van der Waals surface area contributed by atoms with Gasteiger partial charge in [-0.3, -0.25) is 9.69 Å². The van der Waals surface area contributed by atoms with Gasteiger partial charge in [0.05, 0.1) is 17.4 Å². The number of H-pyrrole nitrogens is 1. The summed E-state index contributed by atoms with van der Waals surface area (Å²) in [6, 6.07) is 13.7. The van der Waals surface area contributed by atoms with Gasteiger partial charge >= 0.3 is 0 Å². The molecule has 1 saturated heterocycles. The number of aromatic amines is 1. The molecule has 2 unspecified atom stereocenters. The molecular formula is C33H33B2ClN4O8. The van der Waals surface area contributed by atoms with Crippen molar-refractivity contribution in [3.63, 3.8) is 0 Å².